The van der Waals surface area contributed by atoms with Gasteiger partial charge in [-0.25, -0.2) is 0 Å². The number of nitrogens with one attached hydrogen (secondary N) is 1. The minimum atomic E-state index is -0.114. The summed E-state index contributed by atoms with van der Waals surface area (Å²) in [6, 6.07) is 0. The number of amides is 1. The van der Waals surface area contributed by atoms with Crippen LogP contribution in [0.2, 0.25) is 0 Å². The molecule has 2 rings (SSSR count). The van der Waals surface area contributed by atoms with E-state index in [1.54, 1.807) is 0 Å². The van der Waals surface area contributed by atoms with E-state index in [1.807, 2.05) is 11.8 Å². The van der Waals surface area contributed by atoms with Gasteiger partial charge in [-0.15, -0.1) is 0 Å². The van der Waals surface area contributed by atoms with Gasteiger partial charge in [-0.05, 0) is 30.8 Å². The Balaban J connectivity index is 1.98. The highest BCUT2D eigenvalue weighted by Crippen LogP contribution is 2.35. The summed E-state index contributed by atoms with van der Waals surface area (Å²) in [5.74, 6) is 3.03. The second kappa shape index (κ2) is 3.50. The van der Waals surface area contributed by atoms with Gasteiger partial charge in [-0.2, -0.15) is 11.8 Å². The number of hydrogen-bond acceptors (Lipinski definition) is 3. The predicted molar refractivity (Wildman–Crippen MR) is 52.8 cm³/mol. The standard InChI is InChI=1S/C9H15NO2S/c1-9(7-2-3-13-5-7)6-10-8(11)4-12-9/h7H,2-6H2,1H3,(H,10,11). The highest BCUT2D eigenvalue weighted by atomic mass is 32.2. The molecule has 0 aromatic rings. The Bertz CT molecular complexity index is 204. The first-order valence-corrected chi connectivity index (χ1v) is 5.84. The minimum Gasteiger partial charge on any atom is -0.363 e. The van der Waals surface area contributed by atoms with Gasteiger partial charge in [0.1, 0.15) is 6.61 Å². The lowest BCUT2D eigenvalue weighted by Crippen LogP contribution is -2.54. The molecule has 13 heavy (non-hydrogen) atoms. The van der Waals surface area contributed by atoms with E-state index in [0.29, 0.717) is 12.5 Å². The van der Waals surface area contributed by atoms with Gasteiger partial charge in [0.05, 0.1) is 5.60 Å². The molecule has 2 saturated heterocycles. The zero-order valence-electron chi connectivity index (χ0n) is 7.84. The maximum Gasteiger partial charge on any atom is 0.246 e. The molecule has 0 saturated carbocycles. The molecule has 2 atom stereocenters. The Morgan fingerprint density at radius 3 is 3.08 bits per heavy atom. The normalized spacial score (nSPS) is 40.4. The monoisotopic (exact) mass is 201 g/mol. The fourth-order valence-electron chi connectivity index (χ4n) is 1.88. The fraction of sp³-hybridized carbons (Fsp3) is 0.889. The third kappa shape index (κ3) is 1.83. The van der Waals surface area contributed by atoms with Crippen LogP contribution in [0.5, 0.6) is 0 Å². The van der Waals surface area contributed by atoms with Crippen molar-refractivity contribution < 1.29 is 9.53 Å². The van der Waals surface area contributed by atoms with Crippen LogP contribution in [0.4, 0.5) is 0 Å². The SMILES string of the molecule is CC1(C2CCSC2)CNC(=O)CO1. The quantitative estimate of drug-likeness (QED) is 0.677. The van der Waals surface area contributed by atoms with Crippen LogP contribution in [0.3, 0.4) is 0 Å². The molecule has 2 unspecified atom stereocenters. The predicted octanol–water partition coefficient (Wildman–Crippen LogP) is 0.645. The first-order valence-electron chi connectivity index (χ1n) is 4.69. The van der Waals surface area contributed by atoms with E-state index in [9.17, 15) is 4.79 Å². The van der Waals surface area contributed by atoms with Gasteiger partial charge >= 0.3 is 0 Å². The topological polar surface area (TPSA) is 38.3 Å². The lowest BCUT2D eigenvalue weighted by Gasteiger charge is -2.38. The summed E-state index contributed by atoms with van der Waals surface area (Å²) < 4.78 is 5.64. The number of thioether (sulfide) groups is 1. The largest absolute Gasteiger partial charge is 0.363 e. The van der Waals surface area contributed by atoms with Crippen molar-refractivity contribution in [3.8, 4) is 0 Å². The van der Waals surface area contributed by atoms with E-state index in [1.165, 1.54) is 17.9 Å². The molecule has 74 valence electrons. The van der Waals surface area contributed by atoms with Gasteiger partial charge in [0.15, 0.2) is 0 Å². The van der Waals surface area contributed by atoms with Crippen LogP contribution in [0.25, 0.3) is 0 Å². The lowest BCUT2D eigenvalue weighted by molar-refractivity contribution is -0.147. The molecule has 1 amide bonds. The molecule has 2 aliphatic heterocycles. The van der Waals surface area contributed by atoms with Crippen LogP contribution in [0.15, 0.2) is 0 Å². The molecule has 0 aliphatic carbocycles. The second-order valence-electron chi connectivity index (χ2n) is 3.94. The number of rotatable bonds is 1. The molecule has 2 fully saturated rings. The zero-order chi connectivity index (χ0) is 9.31. The summed E-state index contributed by atoms with van der Waals surface area (Å²) in [5, 5.41) is 2.88. The molecular weight excluding hydrogens is 186 g/mol. The van der Waals surface area contributed by atoms with Gasteiger partial charge in [-0.3, -0.25) is 4.79 Å². The van der Waals surface area contributed by atoms with Gasteiger partial charge in [0.2, 0.25) is 5.91 Å². The number of morpholine rings is 1. The van der Waals surface area contributed by atoms with Gasteiger partial charge < -0.3 is 10.1 Å². The maximum atomic E-state index is 10.9. The Morgan fingerprint density at radius 1 is 1.69 bits per heavy atom. The smallest absolute Gasteiger partial charge is 0.246 e. The van der Waals surface area contributed by atoms with Gasteiger partial charge in [0.25, 0.3) is 0 Å². The summed E-state index contributed by atoms with van der Waals surface area (Å²) in [6.45, 7) is 3.03. The first kappa shape index (κ1) is 9.34. The lowest BCUT2D eigenvalue weighted by atomic mass is 9.87. The molecular formula is C9H15NO2S. The van der Waals surface area contributed by atoms with Crippen molar-refractivity contribution in [2.75, 3.05) is 24.7 Å². The van der Waals surface area contributed by atoms with Gasteiger partial charge in [-0.1, -0.05) is 0 Å². The van der Waals surface area contributed by atoms with Crippen molar-refractivity contribution in [1.82, 2.24) is 5.32 Å². The van der Waals surface area contributed by atoms with Crippen LogP contribution in [-0.4, -0.2) is 36.2 Å². The molecule has 3 nitrogen and oxygen atoms in total. The highest BCUT2D eigenvalue weighted by Gasteiger charge is 2.40. The van der Waals surface area contributed by atoms with Crippen molar-refractivity contribution in [2.24, 2.45) is 5.92 Å². The Morgan fingerprint density at radius 2 is 2.54 bits per heavy atom. The van der Waals surface area contributed by atoms with Crippen molar-refractivity contribution >= 4 is 17.7 Å². The van der Waals surface area contributed by atoms with E-state index in [2.05, 4.69) is 12.2 Å². The number of ether oxygens (including phenoxy) is 1. The van der Waals surface area contributed by atoms with E-state index in [-0.39, 0.29) is 18.1 Å². The van der Waals surface area contributed by atoms with Crippen LogP contribution in [-0.2, 0) is 9.53 Å². The fourth-order valence-corrected chi connectivity index (χ4v) is 3.31. The van der Waals surface area contributed by atoms with Crippen molar-refractivity contribution in [1.29, 1.82) is 0 Å². The zero-order valence-corrected chi connectivity index (χ0v) is 8.65. The van der Waals surface area contributed by atoms with E-state index in [0.717, 1.165) is 0 Å². The van der Waals surface area contributed by atoms with E-state index in [4.69, 9.17) is 4.74 Å². The summed E-state index contributed by atoms with van der Waals surface area (Å²) in [4.78, 5) is 10.9. The molecule has 2 aliphatic rings. The first-order chi connectivity index (χ1) is 6.21. The second-order valence-corrected chi connectivity index (χ2v) is 5.09. The van der Waals surface area contributed by atoms with Crippen LogP contribution < -0.4 is 5.32 Å². The molecule has 0 bridgehead atoms. The average Bonchev–Trinajstić information content (AvgIpc) is 2.63. The molecule has 0 aromatic carbocycles. The molecule has 0 spiro atoms. The van der Waals surface area contributed by atoms with Crippen molar-refractivity contribution in [3.05, 3.63) is 0 Å². The number of hydrogen-bond donors (Lipinski definition) is 1. The van der Waals surface area contributed by atoms with Crippen molar-refractivity contribution in [2.45, 2.75) is 18.9 Å². The van der Waals surface area contributed by atoms with Crippen molar-refractivity contribution in [3.63, 3.8) is 0 Å². The Hall–Kier alpha value is -0.220. The molecule has 0 radical (unpaired) electrons. The molecule has 2 heterocycles. The third-order valence-corrected chi connectivity index (χ3v) is 4.13. The Kier molecular flexibility index (Phi) is 2.51. The highest BCUT2D eigenvalue weighted by molar-refractivity contribution is 7.99. The van der Waals surface area contributed by atoms with Gasteiger partial charge in [0, 0.05) is 6.54 Å². The van der Waals surface area contributed by atoms with Crippen LogP contribution in [0, 0.1) is 5.92 Å². The molecule has 4 heteroatoms. The van der Waals surface area contributed by atoms with E-state index < -0.39 is 0 Å². The number of carbonyl (C=O) groups excluding carboxylic acids is 1. The summed E-state index contributed by atoms with van der Waals surface area (Å²) in [7, 11) is 0. The maximum absolute atomic E-state index is 10.9. The minimum absolute atomic E-state index is 0.0168. The van der Waals surface area contributed by atoms with E-state index >= 15 is 0 Å². The summed E-state index contributed by atoms with van der Waals surface area (Å²) in [6.07, 6.45) is 1.22. The van der Waals surface area contributed by atoms with Crippen LogP contribution >= 0.6 is 11.8 Å². The molecule has 0 aromatic heterocycles. The van der Waals surface area contributed by atoms with Crippen LogP contribution in [0.1, 0.15) is 13.3 Å². The average molecular weight is 201 g/mol. The summed E-state index contributed by atoms with van der Waals surface area (Å²) >= 11 is 1.98. The third-order valence-electron chi connectivity index (χ3n) is 2.96. The Labute approximate surface area is 82.6 Å². The molecule has 1 N–H and O–H groups in total. The number of carbonyl (C=O) groups is 1. The summed E-state index contributed by atoms with van der Waals surface area (Å²) in [5.41, 5.74) is -0.114.